The number of thiophene rings is 1. The Labute approximate surface area is 195 Å². The van der Waals surface area contributed by atoms with Gasteiger partial charge in [-0.25, -0.2) is 18.4 Å². The van der Waals surface area contributed by atoms with E-state index < -0.39 is 9.84 Å². The number of sulfone groups is 1. The molecule has 1 fully saturated rings. The third kappa shape index (κ3) is 4.54. The van der Waals surface area contributed by atoms with Gasteiger partial charge in [-0.3, -0.25) is 4.79 Å². The molecule has 0 saturated carbocycles. The second kappa shape index (κ2) is 8.69. The lowest BCUT2D eigenvalue weighted by Gasteiger charge is -2.26. The van der Waals surface area contributed by atoms with E-state index in [0.717, 1.165) is 57.6 Å². The zero-order valence-electron chi connectivity index (χ0n) is 18.0. The molecule has 2 aromatic heterocycles. The maximum absolute atomic E-state index is 12.9. The number of piperazine rings is 1. The molecule has 3 heterocycles. The van der Waals surface area contributed by atoms with E-state index in [4.69, 9.17) is 4.98 Å². The molecule has 2 N–H and O–H groups in total. The standard InChI is InChI=1S/C23H23N5O3S2/c1-33(30,31)17-5-2-15(3-6-17)13-25-23-26-14-16-4-7-19-18(21(16)27-23)12-20(32-19)22(29)28-10-8-24-9-11-28/h2-7,12,14,24H,8-11,13H2,1H3,(H,25,26,27). The van der Waals surface area contributed by atoms with Crippen LogP contribution in [0.15, 0.2) is 53.6 Å². The first kappa shape index (κ1) is 21.7. The first-order chi connectivity index (χ1) is 15.9. The predicted molar refractivity (Wildman–Crippen MR) is 131 cm³/mol. The van der Waals surface area contributed by atoms with Crippen LogP contribution in [0.25, 0.3) is 21.0 Å². The molecule has 0 bridgehead atoms. The summed E-state index contributed by atoms with van der Waals surface area (Å²) in [6.07, 6.45) is 2.96. The van der Waals surface area contributed by atoms with Crippen molar-refractivity contribution in [2.75, 3.05) is 37.8 Å². The van der Waals surface area contributed by atoms with E-state index in [1.54, 1.807) is 30.5 Å². The van der Waals surface area contributed by atoms with Crippen LogP contribution >= 0.6 is 11.3 Å². The molecule has 1 aliphatic rings. The van der Waals surface area contributed by atoms with Crippen molar-refractivity contribution in [1.82, 2.24) is 20.2 Å². The molecule has 1 saturated heterocycles. The molecule has 0 aliphatic carbocycles. The van der Waals surface area contributed by atoms with Crippen molar-refractivity contribution in [3.63, 3.8) is 0 Å². The van der Waals surface area contributed by atoms with E-state index in [9.17, 15) is 13.2 Å². The molecule has 5 rings (SSSR count). The van der Waals surface area contributed by atoms with Crippen LogP contribution in [0.4, 0.5) is 5.95 Å². The van der Waals surface area contributed by atoms with Crippen molar-refractivity contribution in [2.45, 2.75) is 11.4 Å². The summed E-state index contributed by atoms with van der Waals surface area (Å²) >= 11 is 1.49. The molecule has 33 heavy (non-hydrogen) atoms. The average molecular weight is 482 g/mol. The van der Waals surface area contributed by atoms with Gasteiger partial charge in [-0.2, -0.15) is 0 Å². The second-order valence-corrected chi connectivity index (χ2v) is 11.1. The van der Waals surface area contributed by atoms with E-state index in [1.165, 1.54) is 17.6 Å². The van der Waals surface area contributed by atoms with Crippen LogP contribution in [-0.4, -0.2) is 61.6 Å². The van der Waals surface area contributed by atoms with Gasteiger partial charge in [0.05, 0.1) is 15.3 Å². The summed E-state index contributed by atoms with van der Waals surface area (Å²) < 4.78 is 24.3. The Morgan fingerprint density at radius 2 is 1.91 bits per heavy atom. The number of rotatable bonds is 5. The number of carbonyl (C=O) groups excluding carboxylic acids is 1. The first-order valence-corrected chi connectivity index (χ1v) is 13.3. The molecule has 0 spiro atoms. The Morgan fingerprint density at radius 3 is 2.64 bits per heavy atom. The van der Waals surface area contributed by atoms with Crippen LogP contribution in [0.3, 0.4) is 0 Å². The molecule has 4 aromatic rings. The average Bonchev–Trinajstić information content (AvgIpc) is 3.27. The van der Waals surface area contributed by atoms with Gasteiger partial charge in [0.25, 0.3) is 5.91 Å². The Morgan fingerprint density at radius 1 is 1.15 bits per heavy atom. The zero-order chi connectivity index (χ0) is 23.0. The van der Waals surface area contributed by atoms with Crippen molar-refractivity contribution >= 4 is 54.0 Å². The number of amides is 1. The minimum atomic E-state index is -3.22. The normalized spacial score (nSPS) is 14.6. The summed E-state index contributed by atoms with van der Waals surface area (Å²) in [5, 5.41) is 8.33. The highest BCUT2D eigenvalue weighted by Crippen LogP contribution is 2.32. The number of benzene rings is 2. The van der Waals surface area contributed by atoms with Crippen molar-refractivity contribution in [2.24, 2.45) is 0 Å². The monoisotopic (exact) mass is 481 g/mol. The van der Waals surface area contributed by atoms with Gasteiger partial charge in [0.1, 0.15) is 0 Å². The number of carbonyl (C=O) groups is 1. The van der Waals surface area contributed by atoms with Gasteiger partial charge in [0, 0.05) is 60.6 Å². The van der Waals surface area contributed by atoms with Crippen LogP contribution in [0.2, 0.25) is 0 Å². The Hall–Kier alpha value is -3.08. The van der Waals surface area contributed by atoms with E-state index in [-0.39, 0.29) is 5.91 Å². The van der Waals surface area contributed by atoms with Crippen LogP contribution in [-0.2, 0) is 16.4 Å². The van der Waals surface area contributed by atoms with Crippen LogP contribution in [0.5, 0.6) is 0 Å². The zero-order valence-corrected chi connectivity index (χ0v) is 19.7. The maximum Gasteiger partial charge on any atom is 0.264 e. The first-order valence-electron chi connectivity index (χ1n) is 10.6. The molecule has 0 atom stereocenters. The lowest BCUT2D eigenvalue weighted by molar-refractivity contribution is 0.0741. The highest BCUT2D eigenvalue weighted by molar-refractivity contribution is 7.90. The Kier molecular flexibility index (Phi) is 5.73. The van der Waals surface area contributed by atoms with Crippen LogP contribution in [0, 0.1) is 0 Å². The fourth-order valence-electron chi connectivity index (χ4n) is 3.86. The number of fused-ring (bicyclic) bond motifs is 3. The van der Waals surface area contributed by atoms with E-state index in [2.05, 4.69) is 15.6 Å². The van der Waals surface area contributed by atoms with Gasteiger partial charge in [-0.15, -0.1) is 11.3 Å². The van der Waals surface area contributed by atoms with Crippen LogP contribution < -0.4 is 10.6 Å². The molecule has 1 amide bonds. The molecule has 2 aromatic carbocycles. The minimum Gasteiger partial charge on any atom is -0.350 e. The quantitative estimate of drug-likeness (QED) is 0.452. The molecule has 10 heteroatoms. The number of hydrogen-bond donors (Lipinski definition) is 2. The van der Waals surface area contributed by atoms with Gasteiger partial charge in [0.15, 0.2) is 9.84 Å². The number of nitrogens with zero attached hydrogens (tertiary/aromatic N) is 3. The van der Waals surface area contributed by atoms with Crippen molar-refractivity contribution in [3.8, 4) is 0 Å². The van der Waals surface area contributed by atoms with Gasteiger partial charge in [0.2, 0.25) is 5.95 Å². The van der Waals surface area contributed by atoms with Gasteiger partial charge < -0.3 is 15.5 Å². The molecule has 1 aliphatic heterocycles. The molecular weight excluding hydrogens is 458 g/mol. The lowest BCUT2D eigenvalue weighted by Crippen LogP contribution is -2.46. The summed E-state index contributed by atoms with van der Waals surface area (Å²) in [4.78, 5) is 25.0. The van der Waals surface area contributed by atoms with Crippen molar-refractivity contribution in [1.29, 1.82) is 0 Å². The Bertz CT molecular complexity index is 1440. The fourth-order valence-corrected chi connectivity index (χ4v) is 5.52. The van der Waals surface area contributed by atoms with E-state index in [0.29, 0.717) is 17.4 Å². The summed E-state index contributed by atoms with van der Waals surface area (Å²) in [7, 11) is -3.22. The topological polar surface area (TPSA) is 104 Å². The number of nitrogens with one attached hydrogen (secondary N) is 2. The predicted octanol–water partition coefficient (Wildman–Crippen LogP) is 2.91. The van der Waals surface area contributed by atoms with Gasteiger partial charge >= 0.3 is 0 Å². The lowest BCUT2D eigenvalue weighted by atomic mass is 10.1. The summed E-state index contributed by atoms with van der Waals surface area (Å²) in [6.45, 7) is 3.53. The molecule has 0 unspecified atom stereocenters. The van der Waals surface area contributed by atoms with Crippen molar-refractivity contribution < 1.29 is 13.2 Å². The van der Waals surface area contributed by atoms with E-state index >= 15 is 0 Å². The third-order valence-corrected chi connectivity index (χ3v) is 7.88. The highest BCUT2D eigenvalue weighted by atomic mass is 32.2. The van der Waals surface area contributed by atoms with Gasteiger partial charge in [-0.1, -0.05) is 12.1 Å². The molecular formula is C23H23N5O3S2. The maximum atomic E-state index is 12.9. The second-order valence-electron chi connectivity index (χ2n) is 8.03. The third-order valence-electron chi connectivity index (χ3n) is 5.66. The Balaban J connectivity index is 1.40. The smallest absolute Gasteiger partial charge is 0.264 e. The number of hydrogen-bond acceptors (Lipinski definition) is 8. The van der Waals surface area contributed by atoms with Crippen LogP contribution in [0.1, 0.15) is 15.2 Å². The number of aromatic nitrogens is 2. The van der Waals surface area contributed by atoms with Crippen molar-refractivity contribution in [3.05, 3.63) is 59.1 Å². The van der Waals surface area contributed by atoms with E-state index in [1.807, 2.05) is 23.1 Å². The largest absolute Gasteiger partial charge is 0.350 e. The summed E-state index contributed by atoms with van der Waals surface area (Å²) in [5.41, 5.74) is 1.72. The number of anilines is 1. The highest BCUT2D eigenvalue weighted by Gasteiger charge is 2.20. The molecule has 0 radical (unpaired) electrons. The SMILES string of the molecule is CS(=O)(=O)c1ccc(CNc2ncc3ccc4sc(C(=O)N5CCNCC5)cc4c3n2)cc1. The minimum absolute atomic E-state index is 0.0656. The molecule has 170 valence electrons. The van der Waals surface area contributed by atoms with Gasteiger partial charge in [-0.05, 0) is 35.9 Å². The summed E-state index contributed by atoms with van der Waals surface area (Å²) in [5.74, 6) is 0.541. The fraction of sp³-hybridized carbons (Fsp3) is 0.261. The molecule has 8 nitrogen and oxygen atoms in total. The summed E-state index contributed by atoms with van der Waals surface area (Å²) in [6, 6.07) is 12.7.